The van der Waals surface area contributed by atoms with Crippen LogP contribution in [0.4, 0.5) is 13.2 Å². The highest BCUT2D eigenvalue weighted by molar-refractivity contribution is 6.76. The molecule has 0 unspecified atom stereocenters. The van der Waals surface area contributed by atoms with Gasteiger partial charge in [0.25, 0.3) is 0 Å². The van der Waals surface area contributed by atoms with Crippen molar-refractivity contribution in [3.63, 3.8) is 0 Å². The number of aromatic nitrogens is 3. The number of ether oxygens (including phenoxy) is 3. The molecule has 7 nitrogen and oxygen atoms in total. The van der Waals surface area contributed by atoms with Crippen molar-refractivity contribution in [3.8, 4) is 28.4 Å². The number of carbonyl (C=O) groups excluding carboxylic acids is 1. The van der Waals surface area contributed by atoms with Gasteiger partial charge in [-0.05, 0) is 62.2 Å². The number of esters is 1. The van der Waals surface area contributed by atoms with Crippen LogP contribution < -0.4 is 4.74 Å². The fourth-order valence-corrected chi connectivity index (χ4v) is 4.48. The van der Waals surface area contributed by atoms with Gasteiger partial charge in [-0.15, -0.1) is 0 Å². The molecule has 1 aliphatic rings. The lowest BCUT2D eigenvalue weighted by atomic mass is 10.1. The Labute approximate surface area is 221 Å². The van der Waals surface area contributed by atoms with Gasteiger partial charge in [-0.25, -0.2) is 4.98 Å². The summed E-state index contributed by atoms with van der Waals surface area (Å²) in [7, 11) is -1.33. The number of carbonyl (C=O) groups is 1. The van der Waals surface area contributed by atoms with E-state index in [4.69, 9.17) is 14.2 Å². The first-order valence-corrected chi connectivity index (χ1v) is 16.2. The van der Waals surface area contributed by atoms with Crippen molar-refractivity contribution in [2.24, 2.45) is 5.92 Å². The molecule has 0 aliphatic heterocycles. The SMILES string of the molecule is Cc1c(C(F)(F)F)nc(-c2ccc(-c3ccc(OCOC(=O)C4CC4)cc3)nc2)n1COCC[Si](C)(C)C. The van der Waals surface area contributed by atoms with E-state index in [2.05, 4.69) is 29.6 Å². The van der Waals surface area contributed by atoms with Crippen molar-refractivity contribution in [1.82, 2.24) is 14.5 Å². The number of halogens is 3. The van der Waals surface area contributed by atoms with E-state index in [1.165, 1.54) is 17.7 Å². The second-order valence-electron chi connectivity index (χ2n) is 10.6. The smallest absolute Gasteiger partial charge is 0.435 e. The highest BCUT2D eigenvalue weighted by atomic mass is 28.3. The van der Waals surface area contributed by atoms with Gasteiger partial charge in [0.05, 0.1) is 11.6 Å². The lowest BCUT2D eigenvalue weighted by Crippen LogP contribution is -2.22. The van der Waals surface area contributed by atoms with Crippen molar-refractivity contribution < 1.29 is 32.2 Å². The summed E-state index contributed by atoms with van der Waals surface area (Å²) in [6, 6.07) is 11.4. The van der Waals surface area contributed by atoms with Gasteiger partial charge in [-0.1, -0.05) is 19.6 Å². The Morgan fingerprint density at radius 2 is 1.76 bits per heavy atom. The molecule has 38 heavy (non-hydrogen) atoms. The van der Waals surface area contributed by atoms with Gasteiger partial charge in [0, 0.05) is 37.7 Å². The number of benzene rings is 1. The number of nitrogens with zero attached hydrogens (tertiary/aromatic N) is 3. The molecular formula is C27H32F3N3O4Si. The van der Waals surface area contributed by atoms with E-state index in [-0.39, 0.29) is 36.9 Å². The number of pyridine rings is 1. The van der Waals surface area contributed by atoms with Gasteiger partial charge < -0.3 is 18.8 Å². The fraction of sp³-hybridized carbons (Fsp3) is 0.444. The summed E-state index contributed by atoms with van der Waals surface area (Å²) >= 11 is 0. The molecule has 204 valence electrons. The third-order valence-electron chi connectivity index (χ3n) is 6.22. The molecule has 0 bridgehead atoms. The molecule has 1 fully saturated rings. The molecule has 0 saturated heterocycles. The molecule has 1 aromatic carbocycles. The fourth-order valence-electron chi connectivity index (χ4n) is 3.73. The molecule has 0 atom stereocenters. The summed E-state index contributed by atoms with van der Waals surface area (Å²) in [5.74, 6) is 0.480. The minimum Gasteiger partial charge on any atom is -0.457 e. The Morgan fingerprint density at radius 1 is 1.08 bits per heavy atom. The van der Waals surface area contributed by atoms with E-state index in [9.17, 15) is 18.0 Å². The van der Waals surface area contributed by atoms with Gasteiger partial charge in [-0.3, -0.25) is 9.78 Å². The minimum absolute atomic E-state index is 0.00276. The molecule has 3 aromatic rings. The van der Waals surface area contributed by atoms with Crippen LogP contribution >= 0.6 is 0 Å². The predicted molar refractivity (Wildman–Crippen MR) is 139 cm³/mol. The average Bonchev–Trinajstić information content (AvgIpc) is 3.65. The molecule has 2 aromatic heterocycles. The zero-order chi connectivity index (χ0) is 27.5. The lowest BCUT2D eigenvalue weighted by molar-refractivity contribution is -0.151. The van der Waals surface area contributed by atoms with E-state index in [0.717, 1.165) is 24.4 Å². The monoisotopic (exact) mass is 547 g/mol. The van der Waals surface area contributed by atoms with Crippen LogP contribution in [0.3, 0.4) is 0 Å². The van der Waals surface area contributed by atoms with Crippen LogP contribution in [0.5, 0.6) is 5.75 Å². The number of imidazole rings is 1. The zero-order valence-electron chi connectivity index (χ0n) is 22.0. The summed E-state index contributed by atoms with van der Waals surface area (Å²) in [6.07, 6.45) is -1.32. The van der Waals surface area contributed by atoms with E-state index < -0.39 is 19.9 Å². The number of rotatable bonds is 11. The number of hydrogen-bond acceptors (Lipinski definition) is 6. The van der Waals surface area contributed by atoms with Gasteiger partial charge in [0.1, 0.15) is 18.3 Å². The summed E-state index contributed by atoms with van der Waals surface area (Å²) in [6.45, 7) is 8.36. The van der Waals surface area contributed by atoms with E-state index in [0.29, 0.717) is 23.6 Å². The normalized spacial score (nSPS) is 14.0. The van der Waals surface area contributed by atoms with Crippen molar-refractivity contribution in [2.45, 2.75) is 58.4 Å². The van der Waals surface area contributed by atoms with E-state index in [1.54, 1.807) is 36.4 Å². The first kappa shape index (κ1) is 27.8. The standard InChI is InChI=1S/C27H32F3N3O4Si/c1-18-24(27(28,29)30)32-25(33(18)16-35-13-14-38(2,3)4)21-9-12-23(31-15-21)19-7-10-22(11-8-19)36-17-37-26(34)20-5-6-20/h7-12,15,20H,5-6,13-14,16-17H2,1-4H3. The Kier molecular flexibility index (Phi) is 8.27. The number of alkyl halides is 3. The van der Waals surface area contributed by atoms with E-state index in [1.807, 2.05) is 0 Å². The molecule has 0 amide bonds. The van der Waals surface area contributed by atoms with Crippen LogP contribution in [-0.4, -0.2) is 42.0 Å². The van der Waals surface area contributed by atoms with Gasteiger partial charge in [-0.2, -0.15) is 13.2 Å². The van der Waals surface area contributed by atoms with Crippen LogP contribution in [0.1, 0.15) is 24.2 Å². The molecule has 1 aliphatic carbocycles. The second-order valence-corrected chi connectivity index (χ2v) is 16.2. The van der Waals surface area contributed by atoms with Crippen molar-refractivity contribution >= 4 is 14.0 Å². The zero-order valence-corrected chi connectivity index (χ0v) is 23.0. The average molecular weight is 548 g/mol. The van der Waals surface area contributed by atoms with Crippen molar-refractivity contribution in [3.05, 3.63) is 54.0 Å². The first-order chi connectivity index (χ1) is 17.9. The molecule has 0 spiro atoms. The van der Waals surface area contributed by atoms with Gasteiger partial charge >= 0.3 is 12.1 Å². The quantitative estimate of drug-likeness (QED) is 0.117. The Hall–Kier alpha value is -3.18. The van der Waals surface area contributed by atoms with Crippen LogP contribution in [0.15, 0.2) is 42.6 Å². The molecule has 2 heterocycles. The minimum atomic E-state index is -4.57. The molecule has 11 heteroatoms. The summed E-state index contributed by atoms with van der Waals surface area (Å²) in [5.41, 5.74) is 0.965. The summed E-state index contributed by atoms with van der Waals surface area (Å²) in [4.78, 5) is 20.0. The second kappa shape index (κ2) is 11.3. The Balaban J connectivity index is 1.46. The van der Waals surface area contributed by atoms with Gasteiger partial charge in [0.2, 0.25) is 6.79 Å². The van der Waals surface area contributed by atoms with Crippen LogP contribution in [0, 0.1) is 12.8 Å². The molecule has 0 N–H and O–H groups in total. The highest BCUT2D eigenvalue weighted by Crippen LogP contribution is 2.34. The molecular weight excluding hydrogens is 515 g/mol. The van der Waals surface area contributed by atoms with Crippen LogP contribution in [0.2, 0.25) is 25.7 Å². The third-order valence-corrected chi connectivity index (χ3v) is 7.92. The summed E-state index contributed by atoms with van der Waals surface area (Å²) in [5, 5.41) is 0. The maximum atomic E-state index is 13.6. The summed E-state index contributed by atoms with van der Waals surface area (Å²) < 4.78 is 58.6. The highest BCUT2D eigenvalue weighted by Gasteiger charge is 2.38. The van der Waals surface area contributed by atoms with E-state index >= 15 is 0 Å². The maximum absolute atomic E-state index is 13.6. The molecule has 4 rings (SSSR count). The lowest BCUT2D eigenvalue weighted by Gasteiger charge is -2.17. The van der Waals surface area contributed by atoms with Crippen LogP contribution in [0.25, 0.3) is 22.6 Å². The van der Waals surface area contributed by atoms with Crippen molar-refractivity contribution in [1.29, 1.82) is 0 Å². The largest absolute Gasteiger partial charge is 0.457 e. The molecule has 0 radical (unpaired) electrons. The maximum Gasteiger partial charge on any atom is 0.435 e. The predicted octanol–water partition coefficient (Wildman–Crippen LogP) is 6.54. The number of hydrogen-bond donors (Lipinski definition) is 0. The Morgan fingerprint density at radius 3 is 2.34 bits per heavy atom. The molecule has 1 saturated carbocycles. The van der Waals surface area contributed by atoms with Crippen molar-refractivity contribution in [2.75, 3.05) is 13.4 Å². The first-order valence-electron chi connectivity index (χ1n) is 12.5. The Bertz CT molecular complexity index is 1250. The topological polar surface area (TPSA) is 75.5 Å². The van der Waals surface area contributed by atoms with Crippen LogP contribution in [-0.2, 0) is 27.2 Å². The van der Waals surface area contributed by atoms with Gasteiger partial charge in [0.15, 0.2) is 5.69 Å². The third kappa shape index (κ3) is 7.22.